The number of quaternary nitrogens is 1. The fraction of sp³-hybridized carbons (Fsp3) is 0.677. The van der Waals surface area contributed by atoms with Gasteiger partial charge in [0.25, 0.3) is 7.82 Å². The number of unbranched alkanes of at least 4 members (excludes halogenated alkanes) is 18. The van der Waals surface area contributed by atoms with Crippen LogP contribution in [0.2, 0.25) is 0 Å². The average Bonchev–Trinajstić information content (AvgIpc) is 3.34. The van der Waals surface area contributed by atoms with Crippen molar-refractivity contribution in [1.82, 2.24) is 5.32 Å². The number of rotatable bonds is 50. The van der Waals surface area contributed by atoms with Gasteiger partial charge in [-0.2, -0.15) is 0 Å². The van der Waals surface area contributed by atoms with Crippen LogP contribution in [0.5, 0.6) is 0 Å². The number of esters is 1. The summed E-state index contributed by atoms with van der Waals surface area (Å²) in [6, 6.07) is -0.921. The van der Waals surface area contributed by atoms with Gasteiger partial charge in [0, 0.05) is 12.8 Å². The summed E-state index contributed by atoms with van der Waals surface area (Å²) in [6.07, 6.45) is 69.1. The molecule has 72 heavy (non-hydrogen) atoms. The maximum Gasteiger partial charge on any atom is 0.306 e. The van der Waals surface area contributed by atoms with Gasteiger partial charge in [-0.3, -0.25) is 14.2 Å². The molecule has 0 spiro atoms. The zero-order valence-corrected chi connectivity index (χ0v) is 47.7. The number of hydrogen-bond donors (Lipinski definition) is 1. The molecule has 0 saturated heterocycles. The van der Waals surface area contributed by atoms with Crippen LogP contribution in [-0.2, 0) is 27.9 Å². The molecule has 0 aliphatic rings. The minimum atomic E-state index is -4.72. The molecule has 0 bridgehead atoms. The van der Waals surface area contributed by atoms with E-state index in [1.165, 1.54) is 57.8 Å². The first-order chi connectivity index (χ1) is 34.9. The molecule has 0 heterocycles. The van der Waals surface area contributed by atoms with E-state index in [-0.39, 0.29) is 31.3 Å². The molecule has 9 nitrogen and oxygen atoms in total. The van der Waals surface area contributed by atoms with Crippen molar-refractivity contribution in [1.29, 1.82) is 0 Å². The monoisotopic (exact) mass is 1020 g/mol. The van der Waals surface area contributed by atoms with Crippen molar-refractivity contribution in [3.05, 3.63) is 109 Å². The van der Waals surface area contributed by atoms with Gasteiger partial charge in [0.2, 0.25) is 5.91 Å². The van der Waals surface area contributed by atoms with Crippen LogP contribution in [0.15, 0.2) is 109 Å². The summed E-state index contributed by atoms with van der Waals surface area (Å²) >= 11 is 0. The van der Waals surface area contributed by atoms with Gasteiger partial charge in [-0.25, -0.2) is 0 Å². The summed E-state index contributed by atoms with van der Waals surface area (Å²) in [4.78, 5) is 39.9. The van der Waals surface area contributed by atoms with Gasteiger partial charge in [0.05, 0.1) is 33.8 Å². The Balaban J connectivity index is 5.46. The Morgan fingerprint density at radius 2 is 0.889 bits per heavy atom. The lowest BCUT2D eigenvalue weighted by molar-refractivity contribution is -0.870. The molecule has 412 valence electrons. The number of phosphoric acid groups is 1. The molecule has 0 aliphatic heterocycles. The van der Waals surface area contributed by atoms with Gasteiger partial charge >= 0.3 is 5.97 Å². The lowest BCUT2D eigenvalue weighted by Gasteiger charge is -2.30. The number of likely N-dealkylation sites (N-methyl/N-ethyl adjacent to an activating group) is 1. The first-order valence-electron chi connectivity index (χ1n) is 28.7. The second-order valence-corrected chi connectivity index (χ2v) is 21.4. The normalized spacial score (nSPS) is 14.6. The van der Waals surface area contributed by atoms with E-state index in [1.807, 2.05) is 33.3 Å². The van der Waals surface area contributed by atoms with E-state index >= 15 is 0 Å². The number of amides is 1. The number of allylic oxidation sites excluding steroid dienone is 17. The third-order valence-corrected chi connectivity index (χ3v) is 12.9. The van der Waals surface area contributed by atoms with Crippen molar-refractivity contribution >= 4 is 19.7 Å². The third-order valence-electron chi connectivity index (χ3n) is 11.9. The van der Waals surface area contributed by atoms with Crippen LogP contribution in [0.25, 0.3) is 0 Å². The number of phosphoric ester groups is 1. The van der Waals surface area contributed by atoms with Crippen LogP contribution in [-0.4, -0.2) is 69.4 Å². The molecule has 3 unspecified atom stereocenters. The minimum absolute atomic E-state index is 0.0387. The zero-order valence-electron chi connectivity index (χ0n) is 46.8. The first-order valence-corrected chi connectivity index (χ1v) is 30.2. The minimum Gasteiger partial charge on any atom is -0.756 e. The Kier molecular flexibility index (Phi) is 48.8. The van der Waals surface area contributed by atoms with Crippen LogP contribution in [0.1, 0.15) is 220 Å². The molecule has 0 aromatic carbocycles. The van der Waals surface area contributed by atoms with Crippen molar-refractivity contribution in [2.24, 2.45) is 0 Å². The molecule has 0 fully saturated rings. The van der Waals surface area contributed by atoms with Gasteiger partial charge in [0.1, 0.15) is 19.3 Å². The SMILES string of the molecule is CC/C=C\C/C=C\C/C=C\C/C=C\C/C=C\CCCCCC(=O)NC(COP(=O)([O-])OCC[N+](C)(C)C)C(/C=C\CCCCCCCCCCCCC)OC(=O)CCCCCC/C=C/C/C=C/C/C=C/CC. The summed E-state index contributed by atoms with van der Waals surface area (Å²) in [5, 5.41) is 2.99. The van der Waals surface area contributed by atoms with Crippen molar-refractivity contribution < 1.29 is 37.3 Å². The summed E-state index contributed by atoms with van der Waals surface area (Å²) in [6.45, 7) is 6.55. The van der Waals surface area contributed by atoms with Crippen LogP contribution in [0.4, 0.5) is 0 Å². The van der Waals surface area contributed by atoms with Gasteiger partial charge in [-0.05, 0) is 109 Å². The van der Waals surface area contributed by atoms with E-state index in [0.29, 0.717) is 23.9 Å². The Labute approximate surface area is 442 Å². The third kappa shape index (κ3) is 51.6. The molecule has 1 N–H and O–H groups in total. The summed E-state index contributed by atoms with van der Waals surface area (Å²) in [5.41, 5.74) is 0. The fourth-order valence-electron chi connectivity index (χ4n) is 7.56. The van der Waals surface area contributed by atoms with E-state index in [9.17, 15) is 19.0 Å². The topological polar surface area (TPSA) is 114 Å². The summed E-state index contributed by atoms with van der Waals surface area (Å²) in [7, 11) is 1.13. The zero-order chi connectivity index (χ0) is 52.9. The largest absolute Gasteiger partial charge is 0.756 e. The van der Waals surface area contributed by atoms with E-state index in [0.717, 1.165) is 116 Å². The smallest absolute Gasteiger partial charge is 0.306 e. The molecule has 0 rings (SSSR count). The lowest BCUT2D eigenvalue weighted by Crippen LogP contribution is -2.47. The maximum atomic E-state index is 13.5. The number of carbonyl (C=O) groups excluding carboxylic acids is 2. The van der Waals surface area contributed by atoms with Gasteiger partial charge in [0.15, 0.2) is 0 Å². The quantitative estimate of drug-likeness (QED) is 0.0212. The Morgan fingerprint density at radius 3 is 1.35 bits per heavy atom. The Bertz CT molecular complexity index is 1600. The van der Waals surface area contributed by atoms with Gasteiger partial charge in [-0.1, -0.05) is 208 Å². The fourth-order valence-corrected chi connectivity index (χ4v) is 8.28. The highest BCUT2D eigenvalue weighted by molar-refractivity contribution is 7.45. The highest BCUT2D eigenvalue weighted by Crippen LogP contribution is 2.38. The van der Waals surface area contributed by atoms with Gasteiger partial charge < -0.3 is 28.5 Å². The molecular formula is C62H107N2O7P. The predicted octanol–water partition coefficient (Wildman–Crippen LogP) is 16.7. The van der Waals surface area contributed by atoms with Crippen LogP contribution < -0.4 is 10.2 Å². The molecule has 0 aromatic heterocycles. The highest BCUT2D eigenvalue weighted by Gasteiger charge is 2.27. The van der Waals surface area contributed by atoms with Crippen molar-refractivity contribution in [2.75, 3.05) is 40.9 Å². The number of ether oxygens (including phenoxy) is 1. The van der Waals surface area contributed by atoms with E-state index in [4.69, 9.17) is 13.8 Å². The van der Waals surface area contributed by atoms with Crippen molar-refractivity contribution in [3.8, 4) is 0 Å². The molecule has 0 aromatic rings. The van der Waals surface area contributed by atoms with Crippen LogP contribution in [0, 0.1) is 0 Å². The summed E-state index contributed by atoms with van der Waals surface area (Å²) < 4.78 is 30.2. The standard InChI is InChI=1S/C62H107N2O7P/c1-7-10-13-16-19-22-25-28-30-31-32-33-34-36-39-42-45-48-51-54-61(65)63-59(58-70-72(67,68)69-57-56-64(4,5)6)60(53-50-47-44-41-38-35-27-24-21-18-15-12-9-3)71-62(66)55-52-49-46-43-40-37-29-26-23-20-17-14-11-8-2/h10-11,13-14,19-20,22-23,28-30,32-33,36-37,39,50,53,59-60H,7-9,12,15-18,21,24-27,31,34-35,38,40-49,51-52,54-58H2,1-6H3,(H-,63,65,67,68)/b13-10-,14-11+,22-19-,23-20+,30-28-,33-32-,37-29+,39-36-,53-50-. The number of hydrogen-bond acceptors (Lipinski definition) is 7. The molecule has 0 radical (unpaired) electrons. The van der Waals surface area contributed by atoms with E-state index < -0.39 is 26.6 Å². The molecule has 3 atom stereocenters. The lowest BCUT2D eigenvalue weighted by atomic mass is 10.0. The van der Waals surface area contributed by atoms with Crippen molar-refractivity contribution in [3.63, 3.8) is 0 Å². The average molecular weight is 1020 g/mol. The van der Waals surface area contributed by atoms with E-state index in [2.05, 4.69) is 123 Å². The molecule has 10 heteroatoms. The summed E-state index contributed by atoms with van der Waals surface area (Å²) in [5.74, 6) is -0.613. The second-order valence-electron chi connectivity index (χ2n) is 20.0. The highest BCUT2D eigenvalue weighted by atomic mass is 31.2. The molecule has 0 saturated carbocycles. The maximum absolute atomic E-state index is 13.5. The number of nitrogens with zero attached hydrogens (tertiary/aromatic N) is 1. The van der Waals surface area contributed by atoms with E-state index in [1.54, 1.807) is 0 Å². The molecule has 0 aliphatic carbocycles. The Morgan fingerprint density at radius 1 is 0.500 bits per heavy atom. The van der Waals surface area contributed by atoms with Gasteiger partial charge in [-0.15, -0.1) is 0 Å². The number of carbonyl (C=O) groups is 2. The first kappa shape index (κ1) is 68.7. The van der Waals surface area contributed by atoms with Crippen LogP contribution >= 0.6 is 7.82 Å². The predicted molar refractivity (Wildman–Crippen MR) is 307 cm³/mol. The molecule has 1 amide bonds. The van der Waals surface area contributed by atoms with Crippen molar-refractivity contribution in [2.45, 2.75) is 232 Å². The number of nitrogens with one attached hydrogen (secondary N) is 1. The Hall–Kier alpha value is -3.33. The second kappa shape index (κ2) is 51.2. The molecular weight excluding hydrogens is 916 g/mol. The van der Waals surface area contributed by atoms with Crippen LogP contribution in [0.3, 0.4) is 0 Å².